The first-order chi connectivity index (χ1) is 23.2. The number of nitrogens with zero attached hydrogens (tertiary/aromatic N) is 3. The van der Waals surface area contributed by atoms with Gasteiger partial charge in [-0.3, -0.25) is 28.4 Å². The lowest BCUT2D eigenvalue weighted by Gasteiger charge is -2.51. The molecule has 0 radical (unpaired) electrons. The van der Waals surface area contributed by atoms with Crippen molar-refractivity contribution in [1.29, 1.82) is 0 Å². The highest BCUT2D eigenvalue weighted by Crippen LogP contribution is 2.61. The third-order valence-electron chi connectivity index (χ3n) is 6.87. The van der Waals surface area contributed by atoms with Gasteiger partial charge < -0.3 is 4.52 Å². The van der Waals surface area contributed by atoms with E-state index in [1.807, 2.05) is 54.6 Å². The number of benzene rings is 3. The van der Waals surface area contributed by atoms with E-state index in [2.05, 4.69) is 80.0 Å². The van der Waals surface area contributed by atoms with Gasteiger partial charge in [0, 0.05) is 31.6 Å². The molecule has 1 saturated heterocycles. The van der Waals surface area contributed by atoms with E-state index in [4.69, 9.17) is 43.1 Å². The second-order valence-corrected chi connectivity index (χ2v) is 26.9. The quantitative estimate of drug-likeness (QED) is 0.136. The van der Waals surface area contributed by atoms with Crippen LogP contribution in [0.2, 0.25) is 0 Å². The molecular weight excluding hydrogens is 846 g/mol. The van der Waals surface area contributed by atoms with Crippen LogP contribution < -0.4 is 16.4 Å². The van der Waals surface area contributed by atoms with Gasteiger partial charge in [-0.2, -0.15) is 9.85 Å². The number of nitrogens with one attached hydrogen (secondary N) is 1. The normalized spacial score (nSPS) is 16.3. The number of aryl methyl sites for hydroxylation is 1. The monoisotopic (exact) mass is 880 g/mol. The van der Waals surface area contributed by atoms with E-state index in [1.165, 1.54) is 29.4 Å². The molecule has 0 amide bonds. The van der Waals surface area contributed by atoms with Gasteiger partial charge in [-0.25, -0.2) is 9.63 Å². The Morgan fingerprint density at radius 1 is 0.804 bits per heavy atom. The smallest absolute Gasteiger partial charge is 0.315 e. The van der Waals surface area contributed by atoms with Crippen LogP contribution in [0.25, 0.3) is 0 Å². The Morgan fingerprint density at radius 3 is 1.57 bits per heavy atom. The van der Waals surface area contributed by atoms with Crippen LogP contribution in [-0.4, -0.2) is 53.8 Å². The molecule has 280 valence electrons. The molecule has 1 aliphatic rings. The number of hydrogen-bond donors (Lipinski definition) is 1. The molecule has 11 nitrogen and oxygen atoms in total. The minimum Gasteiger partial charge on any atom is -0.315 e. The highest BCUT2D eigenvalue weighted by Gasteiger charge is 2.46. The van der Waals surface area contributed by atoms with Crippen LogP contribution in [0, 0.1) is 6.92 Å². The second-order valence-electron chi connectivity index (χ2n) is 10.8. The third-order valence-corrected chi connectivity index (χ3v) is 7.77. The average Bonchev–Trinajstić information content (AvgIpc) is 3.02. The molecule has 20 heteroatoms. The van der Waals surface area contributed by atoms with Crippen molar-refractivity contribution in [2.75, 3.05) is 38.3 Å². The van der Waals surface area contributed by atoms with Crippen molar-refractivity contribution in [3.8, 4) is 0 Å². The fourth-order valence-electron chi connectivity index (χ4n) is 5.15. The van der Waals surface area contributed by atoms with Gasteiger partial charge in [0.25, 0.3) is 12.3 Å². The summed E-state index contributed by atoms with van der Waals surface area (Å²) in [5, 5.41) is -1.83. The summed E-state index contributed by atoms with van der Waals surface area (Å²) < 4.78 is 38.2. The van der Waals surface area contributed by atoms with Crippen LogP contribution in [0.15, 0.2) is 107 Å². The fourth-order valence-corrected chi connectivity index (χ4v) is 5.76. The Labute approximate surface area is 325 Å². The van der Waals surface area contributed by atoms with Gasteiger partial charge in [-0.1, -0.05) is 98.4 Å². The molecule has 1 fully saturated rings. The Hall–Kier alpha value is -1.55. The fraction of sp³-hybridized carbons (Fsp3) is 0.290. The molecule has 5 rings (SSSR count). The van der Waals surface area contributed by atoms with Crippen molar-refractivity contribution >= 4 is 85.2 Å². The first kappa shape index (κ1) is 45.6. The maximum absolute atomic E-state index is 13.0. The SMILES string of the molecule is C.CP(=O)(Cl)Cl.Cc1cn(N2CN(C(c3ccccc3)(c3ccccc3)c3ccccc3)CC(COP(C)(=O)Cl)O2)c(=O)[nH]c1=O.O=P(Cl)(Cl)Cl. The van der Waals surface area contributed by atoms with Crippen LogP contribution in [0.1, 0.15) is 29.7 Å². The summed E-state index contributed by atoms with van der Waals surface area (Å²) in [5.74, 6) is -2.69. The highest BCUT2D eigenvalue weighted by atomic mass is 36.0. The molecule has 2 atom stereocenters. The second kappa shape index (κ2) is 19.7. The minimum absolute atomic E-state index is 0. The molecular formula is C31H37Cl6N4O7P3. The summed E-state index contributed by atoms with van der Waals surface area (Å²) in [6, 6.07) is 30.3. The van der Waals surface area contributed by atoms with E-state index in [-0.39, 0.29) is 20.7 Å². The largest absolute Gasteiger partial charge is 0.348 e. The topological polar surface area (TPSA) is 131 Å². The molecule has 2 unspecified atom stereocenters. The van der Waals surface area contributed by atoms with E-state index in [1.54, 1.807) is 6.92 Å². The first-order valence-corrected chi connectivity index (χ1v) is 25.8. The van der Waals surface area contributed by atoms with Crippen molar-refractivity contribution in [3.63, 3.8) is 0 Å². The van der Waals surface area contributed by atoms with Crippen LogP contribution >= 0.6 is 85.2 Å². The van der Waals surface area contributed by atoms with Gasteiger partial charge in [-0.05, 0) is 91.1 Å². The molecule has 2 heterocycles. The van der Waals surface area contributed by atoms with Crippen molar-refractivity contribution in [3.05, 3.63) is 140 Å². The van der Waals surface area contributed by atoms with Gasteiger partial charge in [0.1, 0.15) is 12.8 Å². The number of aromatic nitrogens is 2. The Balaban J connectivity index is 0.000000723. The van der Waals surface area contributed by atoms with Crippen molar-refractivity contribution in [2.24, 2.45) is 0 Å². The predicted octanol–water partition coefficient (Wildman–Crippen LogP) is 10.2. The Bertz CT molecular complexity index is 1830. The number of rotatable bonds is 8. The Morgan fingerprint density at radius 2 is 1.20 bits per heavy atom. The van der Waals surface area contributed by atoms with Crippen molar-refractivity contribution < 1.29 is 23.1 Å². The van der Waals surface area contributed by atoms with Crippen LogP contribution in [0.5, 0.6) is 0 Å². The van der Waals surface area contributed by atoms with E-state index in [0.717, 1.165) is 16.7 Å². The van der Waals surface area contributed by atoms with Crippen LogP contribution in [0.3, 0.4) is 0 Å². The molecule has 0 saturated carbocycles. The summed E-state index contributed by atoms with van der Waals surface area (Å²) in [6.45, 7) is 1.25. The zero-order chi connectivity index (χ0) is 37.3. The number of aromatic amines is 1. The van der Waals surface area contributed by atoms with Gasteiger partial charge >= 0.3 is 10.9 Å². The Kier molecular flexibility index (Phi) is 17.6. The number of halogens is 6. The van der Waals surface area contributed by atoms with Crippen LogP contribution in [0.4, 0.5) is 0 Å². The minimum atomic E-state index is -3.34. The van der Waals surface area contributed by atoms with Gasteiger partial charge in [0.15, 0.2) is 0 Å². The van der Waals surface area contributed by atoms with E-state index in [9.17, 15) is 23.3 Å². The van der Waals surface area contributed by atoms with E-state index in [0.29, 0.717) is 12.1 Å². The average molecular weight is 883 g/mol. The summed E-state index contributed by atoms with van der Waals surface area (Å²) in [4.78, 5) is 35.8. The maximum atomic E-state index is 13.0. The van der Waals surface area contributed by atoms with Gasteiger partial charge in [0.2, 0.25) is 5.85 Å². The predicted molar refractivity (Wildman–Crippen MR) is 212 cm³/mol. The molecule has 0 bridgehead atoms. The molecule has 0 aliphatic carbocycles. The molecule has 0 spiro atoms. The first-order valence-electron chi connectivity index (χ1n) is 14.4. The van der Waals surface area contributed by atoms with Gasteiger partial charge in [-0.15, -0.1) is 0 Å². The molecule has 1 aromatic heterocycles. The van der Waals surface area contributed by atoms with Crippen LogP contribution in [-0.2, 0) is 28.6 Å². The number of H-pyrrole nitrogens is 1. The van der Waals surface area contributed by atoms with E-state index >= 15 is 0 Å². The maximum Gasteiger partial charge on any atom is 0.348 e. The zero-order valence-corrected chi connectivity index (χ0v) is 34.0. The lowest BCUT2D eigenvalue weighted by atomic mass is 9.75. The number of hydrogen-bond acceptors (Lipinski definition) is 9. The lowest BCUT2D eigenvalue weighted by molar-refractivity contribution is -0.117. The van der Waals surface area contributed by atoms with Crippen molar-refractivity contribution in [2.45, 2.75) is 26.0 Å². The molecule has 51 heavy (non-hydrogen) atoms. The summed E-state index contributed by atoms with van der Waals surface area (Å²) in [5.41, 5.74) is 1.37. The number of hydroxylamine groups is 1. The van der Waals surface area contributed by atoms with Gasteiger partial charge in [0.05, 0.1) is 12.1 Å². The lowest BCUT2D eigenvalue weighted by Crippen LogP contribution is -2.64. The molecule has 4 aromatic rings. The summed E-state index contributed by atoms with van der Waals surface area (Å²) in [7, 11) is 0. The van der Waals surface area contributed by atoms with E-state index < -0.39 is 40.7 Å². The zero-order valence-electron chi connectivity index (χ0n) is 26.7. The third kappa shape index (κ3) is 14.7. The molecule has 1 N–H and O–H groups in total. The standard InChI is InChI=1S/C29H30ClN4O5P.CH3Cl2OP.CH4.Cl3OP/c1-22-18-33(28(36)31-27(22)35)34-21-32(19-26(39-34)20-38-40(2,30)37)29(23-12-6-3-7-13-23,24-14-8-4-9-15-24)25-16-10-5-11-17-25;1-5(2,3)4;;1-5(2,3)4/h3-18,26H,19-21H2,1-2H3,(H,31,35,36);1H3;1H4;. The molecule has 3 aromatic carbocycles. The summed E-state index contributed by atoms with van der Waals surface area (Å²) in [6.07, 6.45) is 0.764. The highest BCUT2D eigenvalue weighted by molar-refractivity contribution is 8.24. The van der Waals surface area contributed by atoms with Crippen molar-refractivity contribution in [1.82, 2.24) is 14.6 Å². The molecule has 1 aliphatic heterocycles. The summed E-state index contributed by atoms with van der Waals surface area (Å²) >= 11 is 29.5.